The van der Waals surface area contributed by atoms with Crippen LogP contribution in [0.3, 0.4) is 0 Å². The van der Waals surface area contributed by atoms with Crippen LogP contribution in [-0.4, -0.2) is 10.2 Å². The molecule has 7 heavy (non-hydrogen) atoms. The van der Waals surface area contributed by atoms with E-state index in [2.05, 4.69) is 6.58 Å². The van der Waals surface area contributed by atoms with Crippen LogP contribution in [-0.2, 0) is 4.79 Å². The van der Waals surface area contributed by atoms with Gasteiger partial charge in [-0.3, -0.25) is 4.79 Å². The Balaban J connectivity index is 3.58. The Labute approximate surface area is 56.9 Å². The summed E-state index contributed by atoms with van der Waals surface area (Å²) in [6.07, 6.45) is 0. The molecule has 2 heteroatoms. The van der Waals surface area contributed by atoms with Gasteiger partial charge in [0.15, 0.2) is 5.78 Å². The lowest BCUT2D eigenvalue weighted by molar-refractivity contribution is -0.112. The third-order valence-electron chi connectivity index (χ3n) is 0.597. The number of alkyl halides is 1. The van der Waals surface area contributed by atoms with Gasteiger partial charge in [0.05, 0.1) is 4.43 Å². The van der Waals surface area contributed by atoms with Gasteiger partial charge in [0.2, 0.25) is 0 Å². The average Bonchev–Trinajstić information content (AvgIpc) is 1.65. The van der Waals surface area contributed by atoms with Crippen LogP contribution < -0.4 is 0 Å². The second-order valence-electron chi connectivity index (χ2n) is 1.34. The molecule has 0 aliphatic heterocycles. The van der Waals surface area contributed by atoms with Gasteiger partial charge in [-0.05, 0) is 12.5 Å². The summed E-state index contributed by atoms with van der Waals surface area (Å²) in [4.78, 5) is 10.4. The maximum atomic E-state index is 10.4. The number of carbonyl (C=O) groups excluding carboxylic acids is 1. The average molecular weight is 210 g/mol. The van der Waals surface area contributed by atoms with Crippen LogP contribution in [0.5, 0.6) is 0 Å². The Bertz CT molecular complexity index is 96.3. The van der Waals surface area contributed by atoms with Crippen molar-refractivity contribution < 1.29 is 4.79 Å². The molecule has 0 amide bonds. The molecule has 0 aliphatic carbocycles. The molecule has 0 spiro atoms. The highest BCUT2D eigenvalue weighted by Gasteiger charge is 1.95. The molecule has 0 atom stereocenters. The lowest BCUT2D eigenvalue weighted by Gasteiger charge is -1.86. The fourth-order valence-corrected chi connectivity index (χ4v) is 0.765. The van der Waals surface area contributed by atoms with E-state index in [0.29, 0.717) is 10.0 Å². The van der Waals surface area contributed by atoms with Crippen molar-refractivity contribution in [2.45, 2.75) is 6.92 Å². The van der Waals surface area contributed by atoms with E-state index >= 15 is 0 Å². The first-order valence-corrected chi connectivity index (χ1v) is 3.45. The summed E-state index contributed by atoms with van der Waals surface area (Å²) in [7, 11) is 0. The molecule has 0 aliphatic rings. The summed E-state index contributed by atoms with van der Waals surface area (Å²) in [5.74, 6) is 0.139. The Morgan fingerprint density at radius 1 is 1.86 bits per heavy atom. The summed E-state index contributed by atoms with van der Waals surface area (Å²) in [5.41, 5.74) is 0.648. The minimum atomic E-state index is 0.139. The van der Waals surface area contributed by atoms with E-state index in [1.807, 2.05) is 22.6 Å². The zero-order chi connectivity index (χ0) is 5.86. The Kier molecular flexibility index (Phi) is 3.25. The van der Waals surface area contributed by atoms with E-state index < -0.39 is 0 Å². The largest absolute Gasteiger partial charge is 0.294 e. The Morgan fingerprint density at radius 3 is 2.29 bits per heavy atom. The molecule has 0 unspecified atom stereocenters. The van der Waals surface area contributed by atoms with Crippen LogP contribution in [0.25, 0.3) is 0 Å². The van der Waals surface area contributed by atoms with Crippen LogP contribution in [0.1, 0.15) is 6.92 Å². The summed E-state index contributed by atoms with van der Waals surface area (Å²) in [6.45, 7) is 5.19. The first-order chi connectivity index (χ1) is 3.18. The number of allylic oxidation sites excluding steroid dienone is 1. The van der Waals surface area contributed by atoms with Gasteiger partial charge >= 0.3 is 0 Å². The quantitative estimate of drug-likeness (QED) is 0.384. The molecule has 0 fully saturated rings. The normalized spacial score (nSPS) is 8.29. The molecule has 0 saturated heterocycles. The van der Waals surface area contributed by atoms with Gasteiger partial charge in [-0.15, -0.1) is 0 Å². The molecule has 0 N–H and O–H groups in total. The highest BCUT2D eigenvalue weighted by molar-refractivity contribution is 14.1. The standard InChI is InChI=1S/C5H7IO/c1-4(2)5(7)3-6/h1,3H2,2H3. The lowest BCUT2D eigenvalue weighted by atomic mass is 10.3. The van der Waals surface area contributed by atoms with Crippen LogP contribution >= 0.6 is 22.6 Å². The summed E-state index contributed by atoms with van der Waals surface area (Å²) < 4.78 is 0.549. The first-order valence-electron chi connectivity index (χ1n) is 1.93. The topological polar surface area (TPSA) is 17.1 Å². The van der Waals surface area contributed by atoms with E-state index in [0.717, 1.165) is 0 Å². The molecule has 0 saturated carbocycles. The molecule has 0 heterocycles. The SMILES string of the molecule is C=C(C)C(=O)CI. The van der Waals surface area contributed by atoms with E-state index in [9.17, 15) is 4.79 Å². The van der Waals surface area contributed by atoms with Crippen molar-refractivity contribution in [1.29, 1.82) is 0 Å². The van der Waals surface area contributed by atoms with Crippen molar-refractivity contribution >= 4 is 28.4 Å². The predicted octanol–water partition coefficient (Wildman–Crippen LogP) is 1.57. The van der Waals surface area contributed by atoms with Crippen LogP contribution in [0.2, 0.25) is 0 Å². The van der Waals surface area contributed by atoms with Crippen molar-refractivity contribution in [2.75, 3.05) is 4.43 Å². The second-order valence-corrected chi connectivity index (χ2v) is 2.10. The highest BCUT2D eigenvalue weighted by atomic mass is 127. The number of Topliss-reactive ketones (excluding diaryl/α,β-unsaturated/α-hetero) is 1. The maximum Gasteiger partial charge on any atom is 0.167 e. The van der Waals surface area contributed by atoms with Gasteiger partial charge in [0.25, 0.3) is 0 Å². The van der Waals surface area contributed by atoms with Gasteiger partial charge in [-0.25, -0.2) is 0 Å². The van der Waals surface area contributed by atoms with Crippen LogP contribution in [0.15, 0.2) is 12.2 Å². The van der Waals surface area contributed by atoms with Crippen molar-refractivity contribution in [2.24, 2.45) is 0 Å². The smallest absolute Gasteiger partial charge is 0.167 e. The number of ketones is 1. The molecular formula is C5H7IO. The Morgan fingerprint density at radius 2 is 2.29 bits per heavy atom. The number of hydrogen-bond acceptors (Lipinski definition) is 1. The highest BCUT2D eigenvalue weighted by Crippen LogP contribution is 1.92. The van der Waals surface area contributed by atoms with Gasteiger partial charge in [0, 0.05) is 0 Å². The first kappa shape index (κ1) is 7.14. The van der Waals surface area contributed by atoms with E-state index in [4.69, 9.17) is 0 Å². The molecule has 0 bridgehead atoms. The third-order valence-corrected chi connectivity index (χ3v) is 1.29. The minimum Gasteiger partial charge on any atom is -0.294 e. The molecule has 0 radical (unpaired) electrons. The van der Waals surface area contributed by atoms with Gasteiger partial charge in [-0.2, -0.15) is 0 Å². The zero-order valence-electron chi connectivity index (χ0n) is 4.20. The van der Waals surface area contributed by atoms with Gasteiger partial charge in [-0.1, -0.05) is 29.2 Å². The van der Waals surface area contributed by atoms with Crippen LogP contribution in [0.4, 0.5) is 0 Å². The maximum absolute atomic E-state index is 10.4. The fraction of sp³-hybridized carbons (Fsp3) is 0.400. The van der Waals surface area contributed by atoms with E-state index in [1.165, 1.54) is 0 Å². The number of halogens is 1. The summed E-state index contributed by atoms with van der Waals surface area (Å²) >= 11 is 2.02. The van der Waals surface area contributed by atoms with E-state index in [-0.39, 0.29) is 5.78 Å². The van der Waals surface area contributed by atoms with Crippen molar-refractivity contribution in [1.82, 2.24) is 0 Å². The Hall–Kier alpha value is 0.140. The number of carbonyl (C=O) groups is 1. The van der Waals surface area contributed by atoms with Gasteiger partial charge < -0.3 is 0 Å². The lowest BCUT2D eigenvalue weighted by Crippen LogP contribution is -1.97. The van der Waals surface area contributed by atoms with E-state index in [1.54, 1.807) is 6.92 Å². The zero-order valence-corrected chi connectivity index (χ0v) is 6.36. The predicted molar refractivity (Wildman–Crippen MR) is 38.7 cm³/mol. The minimum absolute atomic E-state index is 0.139. The fourth-order valence-electron chi connectivity index (χ4n) is 0.114. The molecule has 0 aromatic heterocycles. The molecule has 40 valence electrons. The summed E-state index contributed by atoms with van der Waals surface area (Å²) in [5, 5.41) is 0. The monoisotopic (exact) mass is 210 g/mol. The second kappa shape index (κ2) is 3.18. The third kappa shape index (κ3) is 2.79. The van der Waals surface area contributed by atoms with Crippen LogP contribution in [0, 0.1) is 0 Å². The molecule has 0 rings (SSSR count). The molecule has 1 nitrogen and oxygen atoms in total. The van der Waals surface area contributed by atoms with Crippen molar-refractivity contribution in [3.05, 3.63) is 12.2 Å². The molecular weight excluding hydrogens is 203 g/mol. The molecule has 0 aromatic rings. The van der Waals surface area contributed by atoms with Gasteiger partial charge in [0.1, 0.15) is 0 Å². The molecule has 0 aromatic carbocycles. The summed E-state index contributed by atoms with van der Waals surface area (Å²) in [6, 6.07) is 0. The van der Waals surface area contributed by atoms with Crippen molar-refractivity contribution in [3.63, 3.8) is 0 Å². The number of rotatable bonds is 2. The van der Waals surface area contributed by atoms with Crippen molar-refractivity contribution in [3.8, 4) is 0 Å². The number of hydrogen-bond donors (Lipinski definition) is 0.